The fourth-order valence-electron chi connectivity index (χ4n) is 4.90. The minimum atomic E-state index is -1.83. The van der Waals surface area contributed by atoms with Gasteiger partial charge in [0.25, 0.3) is 0 Å². The van der Waals surface area contributed by atoms with Crippen LogP contribution in [0, 0.1) is 0 Å². The summed E-state index contributed by atoms with van der Waals surface area (Å²) < 4.78 is 23.5. The molecule has 34 heavy (non-hydrogen) atoms. The number of nitrogen functional groups attached to an aromatic ring is 1. The number of Topliss-reactive ketones (excluding diaryl/α,β-unsaturated/α-hetero) is 1. The number of carbonyl (C=O) groups is 2. The van der Waals surface area contributed by atoms with Gasteiger partial charge in [-0.3, -0.25) is 10.1 Å². The molecule has 8 heteroatoms. The molecule has 2 aromatic carbocycles. The lowest BCUT2D eigenvalue weighted by molar-refractivity contribution is -0.188. The summed E-state index contributed by atoms with van der Waals surface area (Å²) >= 11 is 0. The van der Waals surface area contributed by atoms with Crippen LogP contribution in [-0.4, -0.2) is 30.9 Å². The van der Waals surface area contributed by atoms with E-state index in [1.54, 1.807) is 18.2 Å². The predicted molar refractivity (Wildman–Crippen MR) is 125 cm³/mol. The smallest absolute Gasteiger partial charge is 0.445 e. The van der Waals surface area contributed by atoms with E-state index in [9.17, 15) is 9.59 Å². The molecule has 0 saturated carbocycles. The molecule has 2 heterocycles. The third-order valence-corrected chi connectivity index (χ3v) is 6.86. The first-order chi connectivity index (χ1) is 16.2. The summed E-state index contributed by atoms with van der Waals surface area (Å²) in [5.41, 5.74) is 7.23. The number of carbonyl (C=O) groups excluding carboxylic acids is 2. The summed E-state index contributed by atoms with van der Waals surface area (Å²) in [6.45, 7) is 8.25. The fraction of sp³-hybridized carbons (Fsp3) is 0.462. The van der Waals surface area contributed by atoms with Gasteiger partial charge in [-0.1, -0.05) is 51.5 Å². The van der Waals surface area contributed by atoms with E-state index in [1.807, 2.05) is 32.0 Å². The van der Waals surface area contributed by atoms with Gasteiger partial charge in [-0.2, -0.15) is 0 Å². The Morgan fingerprint density at radius 3 is 2.68 bits per heavy atom. The second-order valence-electron chi connectivity index (χ2n) is 9.44. The Labute approximate surface area is 198 Å². The maximum absolute atomic E-state index is 14.2. The highest BCUT2D eigenvalue weighted by molar-refractivity contribution is 6.14. The summed E-state index contributed by atoms with van der Waals surface area (Å²) in [5, 5.41) is 3.34. The van der Waals surface area contributed by atoms with Gasteiger partial charge in [-0.15, -0.1) is 0 Å². The minimum Gasteiger partial charge on any atom is -0.445 e. The topological polar surface area (TPSA) is 112 Å². The molecule has 2 aromatic rings. The third-order valence-electron chi connectivity index (χ3n) is 6.86. The Hall–Kier alpha value is -3.10. The highest BCUT2D eigenvalue weighted by Crippen LogP contribution is 2.61. The quantitative estimate of drug-likeness (QED) is 0.269. The van der Waals surface area contributed by atoms with Crippen molar-refractivity contribution in [3.8, 4) is 5.75 Å². The van der Waals surface area contributed by atoms with Gasteiger partial charge in [0.1, 0.15) is 12.0 Å². The molecule has 8 nitrogen and oxygen atoms in total. The van der Waals surface area contributed by atoms with Gasteiger partial charge in [0.2, 0.25) is 0 Å². The van der Waals surface area contributed by atoms with Crippen LogP contribution in [0.25, 0.3) is 0 Å². The van der Waals surface area contributed by atoms with Crippen molar-refractivity contribution in [1.82, 2.24) is 5.32 Å². The number of epoxide rings is 1. The Balaban J connectivity index is 1.70. The summed E-state index contributed by atoms with van der Waals surface area (Å²) in [6, 6.07) is 10.8. The van der Waals surface area contributed by atoms with E-state index in [2.05, 4.69) is 19.2 Å². The standard InChI is InChI=1S/C26H30N2O6/c1-5-6-12-31-24(30)34-26-18-8-7-9-19(27)21(18)22(29)25(26,28-23-15(4)32-23)17-11-10-16(14(2)3)13-20(17)33-26/h7-11,13-15,23,28H,5-6,12,27H2,1-4H3. The molecule has 2 aliphatic heterocycles. The number of fused-ring (bicyclic) bond motifs is 5. The number of ketones is 1. The molecule has 4 atom stereocenters. The lowest BCUT2D eigenvalue weighted by Gasteiger charge is -2.37. The summed E-state index contributed by atoms with van der Waals surface area (Å²) in [4.78, 5) is 27.1. The first-order valence-electron chi connectivity index (χ1n) is 11.8. The summed E-state index contributed by atoms with van der Waals surface area (Å²) in [6.07, 6.45) is 0.109. The molecule has 0 amide bonds. The molecule has 0 radical (unpaired) electrons. The van der Waals surface area contributed by atoms with Crippen LogP contribution in [0.1, 0.15) is 73.5 Å². The number of rotatable bonds is 7. The Kier molecular flexibility index (Phi) is 5.33. The molecule has 5 rings (SSSR count). The van der Waals surface area contributed by atoms with Gasteiger partial charge in [0.15, 0.2) is 11.3 Å². The lowest BCUT2D eigenvalue weighted by Crippen LogP contribution is -2.61. The second kappa shape index (κ2) is 7.99. The number of nitrogens with one attached hydrogen (secondary N) is 1. The zero-order valence-electron chi connectivity index (χ0n) is 19.8. The van der Waals surface area contributed by atoms with Gasteiger partial charge in [-0.25, -0.2) is 4.79 Å². The zero-order valence-corrected chi connectivity index (χ0v) is 19.8. The van der Waals surface area contributed by atoms with E-state index in [4.69, 9.17) is 24.7 Å². The maximum atomic E-state index is 14.2. The Morgan fingerprint density at radius 1 is 1.24 bits per heavy atom. The van der Waals surface area contributed by atoms with Gasteiger partial charge in [-0.05, 0) is 37.0 Å². The Morgan fingerprint density at radius 2 is 2.00 bits per heavy atom. The first-order valence-corrected chi connectivity index (χ1v) is 11.8. The lowest BCUT2D eigenvalue weighted by atomic mass is 9.82. The third kappa shape index (κ3) is 3.12. The molecule has 1 saturated heterocycles. The van der Waals surface area contributed by atoms with Crippen molar-refractivity contribution in [3.05, 3.63) is 58.7 Å². The molecule has 1 fully saturated rings. The molecule has 0 aromatic heterocycles. The van der Waals surface area contributed by atoms with Crippen molar-refractivity contribution in [3.63, 3.8) is 0 Å². The Bertz CT molecular complexity index is 1160. The first kappa shape index (κ1) is 22.7. The molecule has 3 aliphatic rings. The molecule has 0 bridgehead atoms. The van der Waals surface area contributed by atoms with Crippen LogP contribution in [0.5, 0.6) is 5.75 Å². The molecular formula is C26H30N2O6. The second-order valence-corrected chi connectivity index (χ2v) is 9.44. The monoisotopic (exact) mass is 466 g/mol. The van der Waals surface area contributed by atoms with E-state index >= 15 is 0 Å². The molecule has 4 unspecified atom stereocenters. The average molecular weight is 467 g/mol. The average Bonchev–Trinajstić information content (AvgIpc) is 3.36. The van der Waals surface area contributed by atoms with Crippen molar-refractivity contribution in [2.45, 2.75) is 70.1 Å². The highest BCUT2D eigenvalue weighted by Gasteiger charge is 2.76. The normalized spacial score (nSPS) is 28.2. The van der Waals surface area contributed by atoms with E-state index in [1.165, 1.54) is 0 Å². The number of anilines is 1. The number of ether oxygens (including phenoxy) is 4. The van der Waals surface area contributed by atoms with Crippen molar-refractivity contribution >= 4 is 17.6 Å². The maximum Gasteiger partial charge on any atom is 0.511 e. The van der Waals surface area contributed by atoms with E-state index in [0.717, 1.165) is 12.0 Å². The van der Waals surface area contributed by atoms with Gasteiger partial charge in [0.05, 0.1) is 23.8 Å². The summed E-state index contributed by atoms with van der Waals surface area (Å²) in [5.74, 6) is -1.46. The van der Waals surface area contributed by atoms with Gasteiger partial charge in [0, 0.05) is 11.3 Å². The van der Waals surface area contributed by atoms with Crippen molar-refractivity contribution in [2.75, 3.05) is 12.3 Å². The van der Waals surface area contributed by atoms with Crippen molar-refractivity contribution in [2.24, 2.45) is 0 Å². The number of nitrogens with two attached hydrogens (primary N) is 1. The van der Waals surface area contributed by atoms with Crippen LogP contribution in [-0.2, 0) is 25.5 Å². The van der Waals surface area contributed by atoms with Crippen LogP contribution >= 0.6 is 0 Å². The molecule has 0 spiro atoms. The number of hydrogen-bond donors (Lipinski definition) is 2. The van der Waals surface area contributed by atoms with E-state index in [-0.39, 0.29) is 35.7 Å². The van der Waals surface area contributed by atoms with Crippen LogP contribution in [0.2, 0.25) is 0 Å². The number of hydrogen-bond acceptors (Lipinski definition) is 8. The zero-order chi connectivity index (χ0) is 24.3. The number of benzene rings is 2. The van der Waals surface area contributed by atoms with E-state index in [0.29, 0.717) is 23.3 Å². The molecule has 180 valence electrons. The molecule has 1 aliphatic carbocycles. The number of unbranched alkanes of at least 4 members (excludes halogenated alkanes) is 1. The van der Waals surface area contributed by atoms with Crippen molar-refractivity contribution < 1.29 is 28.5 Å². The summed E-state index contributed by atoms with van der Waals surface area (Å²) in [7, 11) is 0. The molecular weight excluding hydrogens is 436 g/mol. The predicted octanol–water partition coefficient (Wildman–Crippen LogP) is 4.32. The van der Waals surface area contributed by atoms with Crippen LogP contribution in [0.15, 0.2) is 36.4 Å². The van der Waals surface area contributed by atoms with Gasteiger partial charge >= 0.3 is 11.9 Å². The van der Waals surface area contributed by atoms with Gasteiger partial charge < -0.3 is 24.7 Å². The minimum absolute atomic E-state index is 0.114. The highest BCUT2D eigenvalue weighted by atomic mass is 16.8. The fourth-order valence-corrected chi connectivity index (χ4v) is 4.90. The molecule has 3 N–H and O–H groups in total. The largest absolute Gasteiger partial charge is 0.511 e. The SMILES string of the molecule is CCCCOC(=O)OC12Oc3cc(C(C)C)ccc3C1(NC1OC1C)C(=O)c1c(N)cccc12. The van der Waals surface area contributed by atoms with Crippen LogP contribution in [0.3, 0.4) is 0 Å². The van der Waals surface area contributed by atoms with E-state index < -0.39 is 23.7 Å². The van der Waals surface area contributed by atoms with Crippen LogP contribution in [0.4, 0.5) is 10.5 Å². The van der Waals surface area contributed by atoms with Crippen LogP contribution < -0.4 is 15.8 Å². The van der Waals surface area contributed by atoms with Crippen molar-refractivity contribution in [1.29, 1.82) is 0 Å².